The van der Waals surface area contributed by atoms with Crippen molar-refractivity contribution in [3.8, 4) is 0 Å². The van der Waals surface area contributed by atoms with E-state index in [0.717, 1.165) is 32.6 Å². The zero-order valence-electron chi connectivity index (χ0n) is 14.8. The SMILES string of the molecule is CC(=O)N1CCN(C[C@@]2(O)CCCN(C(=O)c3cnc[nH]3)CC2)CC1. The number of imidazole rings is 1. The first-order valence-electron chi connectivity index (χ1n) is 8.95. The van der Waals surface area contributed by atoms with Gasteiger partial charge in [-0.1, -0.05) is 0 Å². The average molecular weight is 349 g/mol. The second kappa shape index (κ2) is 7.53. The molecule has 0 unspecified atom stereocenters. The third-order valence-corrected chi connectivity index (χ3v) is 5.27. The molecule has 2 fully saturated rings. The van der Waals surface area contributed by atoms with Crippen LogP contribution in [0.5, 0.6) is 0 Å². The van der Waals surface area contributed by atoms with Crippen LogP contribution in [0.4, 0.5) is 0 Å². The van der Waals surface area contributed by atoms with E-state index in [1.165, 1.54) is 12.5 Å². The Bertz CT molecular complexity index is 597. The van der Waals surface area contributed by atoms with E-state index in [1.54, 1.807) is 11.8 Å². The number of rotatable bonds is 3. The Kier molecular flexibility index (Phi) is 5.39. The molecule has 0 saturated carbocycles. The summed E-state index contributed by atoms with van der Waals surface area (Å²) in [6.45, 7) is 6.41. The maximum Gasteiger partial charge on any atom is 0.271 e. The van der Waals surface area contributed by atoms with Crippen LogP contribution in [-0.4, -0.2) is 93.0 Å². The number of aliphatic hydroxyl groups is 1. The van der Waals surface area contributed by atoms with Gasteiger partial charge in [0.05, 0.1) is 18.1 Å². The lowest BCUT2D eigenvalue weighted by atomic mass is 9.94. The highest BCUT2D eigenvalue weighted by Gasteiger charge is 2.34. The number of likely N-dealkylation sites (tertiary alicyclic amines) is 1. The average Bonchev–Trinajstić information content (AvgIpc) is 3.05. The Morgan fingerprint density at radius 3 is 2.56 bits per heavy atom. The number of nitrogens with one attached hydrogen (secondary N) is 1. The number of amides is 2. The maximum atomic E-state index is 12.4. The van der Waals surface area contributed by atoms with E-state index >= 15 is 0 Å². The Balaban J connectivity index is 1.53. The van der Waals surface area contributed by atoms with Gasteiger partial charge in [-0.2, -0.15) is 0 Å². The second-order valence-corrected chi connectivity index (χ2v) is 7.12. The number of piperazine rings is 1. The molecule has 1 aromatic rings. The van der Waals surface area contributed by atoms with E-state index < -0.39 is 5.60 Å². The van der Waals surface area contributed by atoms with Crippen LogP contribution in [0.3, 0.4) is 0 Å². The fourth-order valence-corrected chi connectivity index (χ4v) is 3.72. The van der Waals surface area contributed by atoms with Crippen molar-refractivity contribution in [2.45, 2.75) is 31.8 Å². The van der Waals surface area contributed by atoms with Crippen molar-refractivity contribution in [3.05, 3.63) is 18.2 Å². The van der Waals surface area contributed by atoms with Crippen LogP contribution >= 0.6 is 0 Å². The number of nitrogens with zero attached hydrogens (tertiary/aromatic N) is 4. The molecule has 0 spiro atoms. The molecular formula is C17H27N5O3. The Morgan fingerprint density at radius 1 is 1.16 bits per heavy atom. The normalized spacial score (nSPS) is 25.7. The second-order valence-electron chi connectivity index (χ2n) is 7.12. The van der Waals surface area contributed by atoms with Crippen LogP contribution in [0.25, 0.3) is 0 Å². The number of β-amino-alcohol motifs (C(OH)–C–C–N with tert-alkyl or cyclic N) is 1. The van der Waals surface area contributed by atoms with Crippen molar-refractivity contribution in [1.82, 2.24) is 24.7 Å². The van der Waals surface area contributed by atoms with E-state index in [4.69, 9.17) is 0 Å². The van der Waals surface area contributed by atoms with Crippen molar-refractivity contribution < 1.29 is 14.7 Å². The Hall–Kier alpha value is -1.93. The molecule has 8 heteroatoms. The number of H-pyrrole nitrogens is 1. The number of hydrogen-bond donors (Lipinski definition) is 2. The fourth-order valence-electron chi connectivity index (χ4n) is 3.72. The summed E-state index contributed by atoms with van der Waals surface area (Å²) in [5.41, 5.74) is -0.285. The van der Waals surface area contributed by atoms with Crippen LogP contribution < -0.4 is 0 Å². The van der Waals surface area contributed by atoms with E-state index in [0.29, 0.717) is 38.2 Å². The molecule has 8 nitrogen and oxygen atoms in total. The number of aromatic nitrogens is 2. The van der Waals surface area contributed by atoms with Crippen LogP contribution in [0.15, 0.2) is 12.5 Å². The first kappa shape index (κ1) is 17.9. The lowest BCUT2D eigenvalue weighted by Gasteiger charge is -2.39. The summed E-state index contributed by atoms with van der Waals surface area (Å²) >= 11 is 0. The monoisotopic (exact) mass is 349 g/mol. The summed E-state index contributed by atoms with van der Waals surface area (Å²) in [5, 5.41) is 11.0. The van der Waals surface area contributed by atoms with Gasteiger partial charge in [-0.3, -0.25) is 14.5 Å². The van der Waals surface area contributed by atoms with Gasteiger partial charge in [0.15, 0.2) is 0 Å². The van der Waals surface area contributed by atoms with Crippen molar-refractivity contribution in [2.24, 2.45) is 0 Å². The molecule has 25 heavy (non-hydrogen) atoms. The van der Waals surface area contributed by atoms with Crippen molar-refractivity contribution in [1.29, 1.82) is 0 Å². The molecule has 0 bridgehead atoms. The number of carbonyl (C=O) groups excluding carboxylic acids is 2. The molecule has 1 atom stereocenters. The molecule has 2 amide bonds. The van der Waals surface area contributed by atoms with Gasteiger partial charge in [0.1, 0.15) is 5.69 Å². The van der Waals surface area contributed by atoms with E-state index in [2.05, 4.69) is 14.9 Å². The predicted octanol–water partition coefficient (Wildman–Crippen LogP) is -0.0690. The molecule has 2 saturated heterocycles. The van der Waals surface area contributed by atoms with Crippen molar-refractivity contribution in [2.75, 3.05) is 45.8 Å². The fraction of sp³-hybridized carbons (Fsp3) is 0.706. The number of aromatic amines is 1. The van der Waals surface area contributed by atoms with Gasteiger partial charge < -0.3 is 19.9 Å². The lowest BCUT2D eigenvalue weighted by Crippen LogP contribution is -2.53. The smallest absolute Gasteiger partial charge is 0.271 e. The van der Waals surface area contributed by atoms with E-state index in [1.807, 2.05) is 4.90 Å². The molecular weight excluding hydrogens is 322 g/mol. The Morgan fingerprint density at radius 2 is 1.92 bits per heavy atom. The summed E-state index contributed by atoms with van der Waals surface area (Å²) in [5.74, 6) is 0.0533. The van der Waals surface area contributed by atoms with Gasteiger partial charge in [-0.05, 0) is 19.3 Å². The summed E-state index contributed by atoms with van der Waals surface area (Å²) in [6, 6.07) is 0. The molecule has 0 aliphatic carbocycles. The highest BCUT2D eigenvalue weighted by molar-refractivity contribution is 5.92. The summed E-state index contributed by atoms with van der Waals surface area (Å²) < 4.78 is 0. The molecule has 138 valence electrons. The van der Waals surface area contributed by atoms with Crippen LogP contribution in [-0.2, 0) is 4.79 Å². The van der Waals surface area contributed by atoms with Gasteiger partial charge in [0, 0.05) is 52.7 Å². The molecule has 3 rings (SSSR count). The molecule has 3 heterocycles. The van der Waals surface area contributed by atoms with Gasteiger partial charge in [0.2, 0.25) is 5.91 Å². The first-order valence-corrected chi connectivity index (χ1v) is 8.95. The van der Waals surface area contributed by atoms with Gasteiger partial charge in [-0.15, -0.1) is 0 Å². The molecule has 2 aliphatic heterocycles. The third kappa shape index (κ3) is 4.38. The number of carbonyl (C=O) groups is 2. The first-order chi connectivity index (χ1) is 12.0. The van der Waals surface area contributed by atoms with Gasteiger partial charge in [-0.25, -0.2) is 4.98 Å². The highest BCUT2D eigenvalue weighted by atomic mass is 16.3. The van der Waals surface area contributed by atoms with Crippen LogP contribution in [0.2, 0.25) is 0 Å². The maximum absolute atomic E-state index is 12.4. The molecule has 0 radical (unpaired) electrons. The van der Waals surface area contributed by atoms with Gasteiger partial charge >= 0.3 is 0 Å². The summed E-state index contributed by atoms with van der Waals surface area (Å²) in [7, 11) is 0. The van der Waals surface area contributed by atoms with Crippen molar-refractivity contribution in [3.63, 3.8) is 0 Å². The quantitative estimate of drug-likeness (QED) is 0.797. The zero-order valence-corrected chi connectivity index (χ0v) is 14.8. The molecule has 1 aromatic heterocycles. The van der Waals surface area contributed by atoms with E-state index in [9.17, 15) is 14.7 Å². The predicted molar refractivity (Wildman–Crippen MR) is 92.0 cm³/mol. The largest absolute Gasteiger partial charge is 0.388 e. The standard InChI is InChI=1S/C17H27N5O3/c1-14(23)21-9-7-20(8-10-21)12-17(25)3-2-5-22(6-4-17)16(24)15-11-18-13-19-15/h11,13,25H,2-10,12H2,1H3,(H,18,19)/t17-/m1/s1. The minimum atomic E-state index is -0.776. The van der Waals surface area contributed by atoms with Crippen LogP contribution in [0, 0.1) is 0 Å². The molecule has 2 aliphatic rings. The lowest BCUT2D eigenvalue weighted by molar-refractivity contribution is -0.131. The zero-order chi connectivity index (χ0) is 17.9. The third-order valence-electron chi connectivity index (χ3n) is 5.27. The summed E-state index contributed by atoms with van der Waals surface area (Å²) in [6.07, 6.45) is 5.08. The summed E-state index contributed by atoms with van der Waals surface area (Å²) in [4.78, 5) is 36.5. The number of hydrogen-bond acceptors (Lipinski definition) is 5. The minimum Gasteiger partial charge on any atom is -0.388 e. The van der Waals surface area contributed by atoms with E-state index in [-0.39, 0.29) is 11.8 Å². The highest BCUT2D eigenvalue weighted by Crippen LogP contribution is 2.25. The van der Waals surface area contributed by atoms with Crippen LogP contribution in [0.1, 0.15) is 36.7 Å². The Labute approximate surface area is 147 Å². The van der Waals surface area contributed by atoms with Gasteiger partial charge in [0.25, 0.3) is 5.91 Å². The van der Waals surface area contributed by atoms with Crippen molar-refractivity contribution >= 4 is 11.8 Å². The molecule has 2 N–H and O–H groups in total. The minimum absolute atomic E-state index is 0.0585. The molecule has 0 aromatic carbocycles. The topological polar surface area (TPSA) is 92.8 Å².